The van der Waals surface area contributed by atoms with E-state index in [-0.39, 0.29) is 18.1 Å². The normalized spacial score (nSPS) is 20.0. The van der Waals surface area contributed by atoms with Crippen LogP contribution in [-0.4, -0.2) is 46.1 Å². The van der Waals surface area contributed by atoms with Gasteiger partial charge >= 0.3 is 0 Å². The molecule has 1 aromatic carbocycles. The van der Waals surface area contributed by atoms with Gasteiger partial charge in [-0.3, -0.25) is 9.78 Å². The lowest BCUT2D eigenvalue weighted by molar-refractivity contribution is -0.0585. The van der Waals surface area contributed by atoms with Crippen LogP contribution in [0.15, 0.2) is 48.8 Å². The maximum Gasteiger partial charge on any atom is 0.254 e. The SMILES string of the molecule is Cc1ccc2nc(-c3ccncc3)cc(C(=O)N3CC(C)OC(C)C3)c2c1. The van der Waals surface area contributed by atoms with Crippen molar-refractivity contribution < 1.29 is 9.53 Å². The van der Waals surface area contributed by atoms with E-state index in [1.807, 2.05) is 62.1 Å². The van der Waals surface area contributed by atoms with Crippen LogP contribution in [0.3, 0.4) is 0 Å². The smallest absolute Gasteiger partial charge is 0.254 e. The largest absolute Gasteiger partial charge is 0.372 e. The van der Waals surface area contributed by atoms with Gasteiger partial charge < -0.3 is 9.64 Å². The van der Waals surface area contributed by atoms with Crippen molar-refractivity contribution in [3.05, 3.63) is 59.9 Å². The van der Waals surface area contributed by atoms with Crippen molar-refractivity contribution in [2.45, 2.75) is 33.0 Å². The minimum absolute atomic E-state index is 0.0327. The minimum atomic E-state index is 0.0327. The Morgan fingerprint density at radius 2 is 1.78 bits per heavy atom. The summed E-state index contributed by atoms with van der Waals surface area (Å²) < 4.78 is 5.79. The summed E-state index contributed by atoms with van der Waals surface area (Å²) in [5, 5.41) is 0.893. The van der Waals surface area contributed by atoms with E-state index < -0.39 is 0 Å². The molecule has 3 aromatic rings. The van der Waals surface area contributed by atoms with Crippen molar-refractivity contribution in [3.8, 4) is 11.3 Å². The average molecular weight is 361 g/mol. The first-order valence-electron chi connectivity index (χ1n) is 9.28. The monoisotopic (exact) mass is 361 g/mol. The van der Waals surface area contributed by atoms with Gasteiger partial charge in [-0.05, 0) is 51.1 Å². The van der Waals surface area contributed by atoms with Crippen molar-refractivity contribution in [3.63, 3.8) is 0 Å². The van der Waals surface area contributed by atoms with Crippen LogP contribution in [0, 0.1) is 6.92 Å². The molecular formula is C22H23N3O2. The van der Waals surface area contributed by atoms with Gasteiger partial charge in [-0.1, -0.05) is 11.6 Å². The summed E-state index contributed by atoms with van der Waals surface area (Å²) in [6.45, 7) is 7.25. The molecule has 0 spiro atoms. The maximum absolute atomic E-state index is 13.4. The summed E-state index contributed by atoms with van der Waals surface area (Å²) >= 11 is 0. The molecule has 5 heteroatoms. The van der Waals surface area contributed by atoms with Gasteiger partial charge in [0.25, 0.3) is 5.91 Å². The highest BCUT2D eigenvalue weighted by molar-refractivity contribution is 6.07. The number of hydrogen-bond donors (Lipinski definition) is 0. The van der Waals surface area contributed by atoms with Gasteiger partial charge in [0.1, 0.15) is 0 Å². The molecule has 1 saturated heterocycles. The van der Waals surface area contributed by atoms with Crippen molar-refractivity contribution in [1.82, 2.24) is 14.9 Å². The predicted molar refractivity (Wildman–Crippen MR) is 106 cm³/mol. The summed E-state index contributed by atoms with van der Waals surface area (Å²) in [5.74, 6) is 0.0327. The molecule has 0 saturated carbocycles. The predicted octanol–water partition coefficient (Wildman–Crippen LogP) is 3.85. The van der Waals surface area contributed by atoms with Crippen LogP contribution in [0.25, 0.3) is 22.2 Å². The zero-order valence-electron chi connectivity index (χ0n) is 15.8. The molecule has 1 fully saturated rings. The number of aryl methyl sites for hydroxylation is 1. The molecule has 1 aliphatic rings. The quantitative estimate of drug-likeness (QED) is 0.696. The minimum Gasteiger partial charge on any atom is -0.372 e. The molecule has 0 aliphatic carbocycles. The number of amides is 1. The number of fused-ring (bicyclic) bond motifs is 1. The molecule has 5 nitrogen and oxygen atoms in total. The van der Waals surface area contributed by atoms with Crippen molar-refractivity contribution in [1.29, 1.82) is 0 Å². The van der Waals surface area contributed by atoms with Gasteiger partial charge in [-0.15, -0.1) is 0 Å². The fraction of sp³-hybridized carbons (Fsp3) is 0.318. The first-order valence-corrected chi connectivity index (χ1v) is 9.28. The number of pyridine rings is 2. The zero-order chi connectivity index (χ0) is 19.0. The lowest BCUT2D eigenvalue weighted by atomic mass is 10.0. The molecule has 3 heterocycles. The summed E-state index contributed by atoms with van der Waals surface area (Å²) in [4.78, 5) is 24.2. The average Bonchev–Trinajstić information content (AvgIpc) is 2.66. The van der Waals surface area contributed by atoms with Gasteiger partial charge in [-0.2, -0.15) is 0 Å². The molecule has 1 amide bonds. The Balaban J connectivity index is 1.84. The topological polar surface area (TPSA) is 55.3 Å². The van der Waals surface area contributed by atoms with Gasteiger partial charge in [0.15, 0.2) is 0 Å². The van der Waals surface area contributed by atoms with E-state index in [4.69, 9.17) is 9.72 Å². The molecular weight excluding hydrogens is 338 g/mol. The molecule has 2 unspecified atom stereocenters. The number of benzene rings is 1. The molecule has 1 aliphatic heterocycles. The van der Waals surface area contributed by atoms with Crippen molar-refractivity contribution in [2.75, 3.05) is 13.1 Å². The number of aromatic nitrogens is 2. The highest BCUT2D eigenvalue weighted by Crippen LogP contribution is 2.27. The zero-order valence-corrected chi connectivity index (χ0v) is 15.8. The summed E-state index contributed by atoms with van der Waals surface area (Å²) in [6.07, 6.45) is 3.55. The lowest BCUT2D eigenvalue weighted by Gasteiger charge is -2.35. The van der Waals surface area contributed by atoms with E-state index in [2.05, 4.69) is 4.98 Å². The fourth-order valence-corrected chi connectivity index (χ4v) is 3.70. The Bertz CT molecular complexity index is 978. The molecule has 138 valence electrons. The molecule has 27 heavy (non-hydrogen) atoms. The van der Waals surface area contributed by atoms with Gasteiger partial charge in [-0.25, -0.2) is 4.98 Å². The van der Waals surface area contributed by atoms with E-state index in [0.717, 1.165) is 27.7 Å². The van der Waals surface area contributed by atoms with Crippen LogP contribution in [0.1, 0.15) is 29.8 Å². The van der Waals surface area contributed by atoms with Crippen LogP contribution in [0.2, 0.25) is 0 Å². The second kappa shape index (κ2) is 7.08. The van der Waals surface area contributed by atoms with Crippen LogP contribution in [0.4, 0.5) is 0 Å². The first-order chi connectivity index (χ1) is 13.0. The first kappa shape index (κ1) is 17.6. The second-order valence-electron chi connectivity index (χ2n) is 7.28. The number of carbonyl (C=O) groups excluding carboxylic acids is 1. The third kappa shape index (κ3) is 3.55. The molecule has 2 aromatic heterocycles. The highest BCUT2D eigenvalue weighted by Gasteiger charge is 2.28. The number of morpholine rings is 1. The Morgan fingerprint density at radius 3 is 2.48 bits per heavy atom. The van der Waals surface area contributed by atoms with Crippen LogP contribution in [-0.2, 0) is 4.74 Å². The Morgan fingerprint density at radius 1 is 1.07 bits per heavy atom. The Kier molecular flexibility index (Phi) is 4.62. The van der Waals surface area contributed by atoms with Crippen LogP contribution >= 0.6 is 0 Å². The number of nitrogens with zero attached hydrogens (tertiary/aromatic N) is 3. The van der Waals surface area contributed by atoms with E-state index in [9.17, 15) is 4.79 Å². The summed E-state index contributed by atoms with van der Waals surface area (Å²) in [5.41, 5.74) is 4.36. The second-order valence-corrected chi connectivity index (χ2v) is 7.28. The van der Waals surface area contributed by atoms with Gasteiger partial charge in [0, 0.05) is 36.4 Å². The van der Waals surface area contributed by atoms with Crippen LogP contribution < -0.4 is 0 Å². The van der Waals surface area contributed by atoms with Crippen molar-refractivity contribution in [2.24, 2.45) is 0 Å². The summed E-state index contributed by atoms with van der Waals surface area (Å²) in [7, 11) is 0. The van der Waals surface area contributed by atoms with E-state index in [1.54, 1.807) is 12.4 Å². The number of hydrogen-bond acceptors (Lipinski definition) is 4. The standard InChI is InChI=1S/C22H23N3O2/c1-14-4-5-20-18(10-14)19(11-21(24-20)17-6-8-23-9-7-17)22(26)25-12-15(2)27-16(3)13-25/h4-11,15-16H,12-13H2,1-3H3. The molecule has 4 rings (SSSR count). The maximum atomic E-state index is 13.4. The summed E-state index contributed by atoms with van der Waals surface area (Å²) in [6, 6.07) is 11.8. The third-order valence-corrected chi connectivity index (χ3v) is 4.88. The van der Waals surface area contributed by atoms with E-state index >= 15 is 0 Å². The Labute approximate surface area is 159 Å². The van der Waals surface area contributed by atoms with Gasteiger partial charge in [0.05, 0.1) is 29.0 Å². The fourth-order valence-electron chi connectivity index (χ4n) is 3.70. The molecule has 0 bridgehead atoms. The molecule has 0 radical (unpaired) electrons. The van der Waals surface area contributed by atoms with E-state index in [1.165, 1.54) is 0 Å². The molecule has 2 atom stereocenters. The van der Waals surface area contributed by atoms with E-state index in [0.29, 0.717) is 18.7 Å². The lowest BCUT2D eigenvalue weighted by Crippen LogP contribution is -2.48. The number of ether oxygens (including phenoxy) is 1. The third-order valence-electron chi connectivity index (χ3n) is 4.88. The van der Waals surface area contributed by atoms with Gasteiger partial charge in [0.2, 0.25) is 0 Å². The van der Waals surface area contributed by atoms with Crippen LogP contribution in [0.5, 0.6) is 0 Å². The Hall–Kier alpha value is -2.79. The number of carbonyl (C=O) groups is 1. The van der Waals surface area contributed by atoms with Crippen molar-refractivity contribution >= 4 is 16.8 Å². The highest BCUT2D eigenvalue weighted by atomic mass is 16.5. The number of rotatable bonds is 2. The molecule has 0 N–H and O–H groups in total.